The highest BCUT2D eigenvalue weighted by atomic mass is 14.3. The molecule has 0 nitrogen and oxygen atoms in total. The Labute approximate surface area is 177 Å². The van der Waals surface area contributed by atoms with E-state index >= 15 is 0 Å². The Morgan fingerprint density at radius 1 is 0.643 bits per heavy atom. The number of unbranched alkanes of at least 4 members (excludes halogenated alkanes) is 7. The minimum absolute atomic E-state index is 0.797. The fourth-order valence-corrected chi connectivity index (χ4v) is 5.57. The Bertz CT molecular complexity index is 390. The number of hydrogen-bond acceptors (Lipinski definition) is 0. The van der Waals surface area contributed by atoms with Crippen molar-refractivity contribution in [3.63, 3.8) is 0 Å². The van der Waals surface area contributed by atoms with Gasteiger partial charge in [-0.1, -0.05) is 109 Å². The van der Waals surface area contributed by atoms with E-state index in [1.165, 1.54) is 122 Å². The molecule has 2 fully saturated rings. The second kappa shape index (κ2) is 15.3. The molecule has 0 amide bonds. The molecule has 0 unspecified atom stereocenters. The standard InChI is InChI=1S/C28H50/c1-3-5-6-7-8-9-10-11-14-26-21-23-28(24-22-26)16-13-12-15-27-19-17-25(4-2)18-20-27/h4,12,15,25-28H,2-3,5-11,13-14,16-24H2,1H3/b15-12+. The molecule has 0 spiro atoms. The molecular weight excluding hydrogens is 336 g/mol. The first-order valence-electron chi connectivity index (χ1n) is 13.1. The van der Waals surface area contributed by atoms with Crippen LogP contribution in [0.25, 0.3) is 0 Å². The normalized spacial score (nSPS) is 28.6. The van der Waals surface area contributed by atoms with Gasteiger partial charge in [-0.05, 0) is 62.2 Å². The molecule has 0 aliphatic heterocycles. The van der Waals surface area contributed by atoms with Gasteiger partial charge in [-0.15, -0.1) is 6.58 Å². The zero-order valence-corrected chi connectivity index (χ0v) is 19.2. The average Bonchev–Trinajstić information content (AvgIpc) is 2.74. The highest BCUT2D eigenvalue weighted by Gasteiger charge is 2.20. The average molecular weight is 387 g/mol. The van der Waals surface area contributed by atoms with Gasteiger partial charge < -0.3 is 0 Å². The fraction of sp³-hybridized carbons (Fsp3) is 0.857. The summed E-state index contributed by atoms with van der Waals surface area (Å²) >= 11 is 0. The summed E-state index contributed by atoms with van der Waals surface area (Å²) < 4.78 is 0. The van der Waals surface area contributed by atoms with E-state index in [1.54, 1.807) is 0 Å². The zero-order chi connectivity index (χ0) is 19.9. The Morgan fingerprint density at radius 2 is 1.18 bits per heavy atom. The minimum Gasteiger partial charge on any atom is -0.103 e. The van der Waals surface area contributed by atoms with E-state index in [-0.39, 0.29) is 0 Å². The van der Waals surface area contributed by atoms with E-state index in [9.17, 15) is 0 Å². The Morgan fingerprint density at radius 3 is 1.79 bits per heavy atom. The van der Waals surface area contributed by atoms with Gasteiger partial charge in [-0.25, -0.2) is 0 Å². The molecule has 0 saturated heterocycles. The highest BCUT2D eigenvalue weighted by molar-refractivity contribution is 4.94. The molecule has 2 rings (SSSR count). The molecular formula is C28H50. The van der Waals surface area contributed by atoms with E-state index in [2.05, 4.69) is 31.7 Å². The number of allylic oxidation sites excluding steroid dienone is 3. The Kier molecular flexibility index (Phi) is 13.0. The molecule has 0 aromatic heterocycles. The minimum atomic E-state index is 0.797. The Balaban J connectivity index is 1.42. The van der Waals surface area contributed by atoms with Crippen LogP contribution < -0.4 is 0 Å². The van der Waals surface area contributed by atoms with Crippen molar-refractivity contribution in [2.75, 3.05) is 0 Å². The maximum absolute atomic E-state index is 3.96. The van der Waals surface area contributed by atoms with Crippen molar-refractivity contribution in [2.24, 2.45) is 23.7 Å². The second-order valence-corrected chi connectivity index (χ2v) is 10.1. The first kappa shape index (κ1) is 23.8. The largest absolute Gasteiger partial charge is 0.103 e. The molecule has 0 heteroatoms. The Hall–Kier alpha value is -0.520. The van der Waals surface area contributed by atoms with Crippen LogP contribution >= 0.6 is 0 Å². The summed E-state index contributed by atoms with van der Waals surface area (Å²) in [6, 6.07) is 0. The summed E-state index contributed by atoms with van der Waals surface area (Å²) in [4.78, 5) is 0. The van der Waals surface area contributed by atoms with Crippen LogP contribution in [0.2, 0.25) is 0 Å². The lowest BCUT2D eigenvalue weighted by Gasteiger charge is -2.28. The lowest BCUT2D eigenvalue weighted by atomic mass is 9.78. The summed E-state index contributed by atoms with van der Waals surface area (Å²) in [5.74, 6) is 3.74. The van der Waals surface area contributed by atoms with E-state index in [0.717, 1.165) is 23.7 Å². The molecule has 0 atom stereocenters. The quantitative estimate of drug-likeness (QED) is 0.206. The number of rotatable bonds is 14. The van der Waals surface area contributed by atoms with Gasteiger partial charge in [0.2, 0.25) is 0 Å². The van der Waals surface area contributed by atoms with Crippen LogP contribution in [0.1, 0.15) is 129 Å². The first-order chi connectivity index (χ1) is 13.8. The zero-order valence-electron chi connectivity index (χ0n) is 19.2. The highest BCUT2D eigenvalue weighted by Crippen LogP contribution is 2.35. The third-order valence-corrected chi connectivity index (χ3v) is 7.73. The maximum atomic E-state index is 3.96. The molecule has 0 heterocycles. The molecule has 0 bridgehead atoms. The molecule has 28 heavy (non-hydrogen) atoms. The van der Waals surface area contributed by atoms with Crippen LogP contribution in [-0.4, -0.2) is 0 Å². The SMILES string of the molecule is C=CC1CCC(/C=C/CCC2CCC(CCCCCCCCCC)CC2)CC1. The van der Waals surface area contributed by atoms with E-state index in [4.69, 9.17) is 0 Å². The van der Waals surface area contributed by atoms with Crippen LogP contribution in [0.15, 0.2) is 24.8 Å². The first-order valence-corrected chi connectivity index (χ1v) is 13.1. The molecule has 2 aliphatic carbocycles. The summed E-state index contributed by atoms with van der Waals surface area (Å²) in [6.45, 7) is 6.27. The molecule has 2 aliphatic rings. The summed E-state index contributed by atoms with van der Waals surface area (Å²) in [6.07, 6.45) is 34.8. The van der Waals surface area contributed by atoms with Crippen molar-refractivity contribution in [1.82, 2.24) is 0 Å². The summed E-state index contributed by atoms with van der Waals surface area (Å²) in [5.41, 5.74) is 0. The monoisotopic (exact) mass is 386 g/mol. The molecule has 0 N–H and O–H groups in total. The van der Waals surface area contributed by atoms with Crippen molar-refractivity contribution in [3.05, 3.63) is 24.8 Å². The van der Waals surface area contributed by atoms with Gasteiger partial charge in [0.25, 0.3) is 0 Å². The lowest BCUT2D eigenvalue weighted by molar-refractivity contribution is 0.249. The van der Waals surface area contributed by atoms with Crippen LogP contribution in [0, 0.1) is 23.7 Å². The second-order valence-electron chi connectivity index (χ2n) is 10.1. The van der Waals surface area contributed by atoms with Crippen LogP contribution in [0.3, 0.4) is 0 Å². The molecule has 0 aromatic rings. The molecule has 0 aromatic carbocycles. The summed E-state index contributed by atoms with van der Waals surface area (Å²) in [7, 11) is 0. The van der Waals surface area contributed by atoms with Gasteiger partial charge in [0.15, 0.2) is 0 Å². The van der Waals surface area contributed by atoms with E-state index in [1.807, 2.05) is 0 Å². The topological polar surface area (TPSA) is 0 Å². The summed E-state index contributed by atoms with van der Waals surface area (Å²) in [5, 5.41) is 0. The number of hydrogen-bond donors (Lipinski definition) is 0. The van der Waals surface area contributed by atoms with Crippen molar-refractivity contribution in [1.29, 1.82) is 0 Å². The lowest BCUT2D eigenvalue weighted by Crippen LogP contribution is -2.14. The third-order valence-electron chi connectivity index (χ3n) is 7.73. The van der Waals surface area contributed by atoms with Gasteiger partial charge in [0, 0.05) is 0 Å². The molecule has 0 radical (unpaired) electrons. The van der Waals surface area contributed by atoms with E-state index < -0.39 is 0 Å². The predicted octanol–water partition coefficient (Wildman–Crippen LogP) is 9.65. The molecule has 2 saturated carbocycles. The molecule has 162 valence electrons. The van der Waals surface area contributed by atoms with Crippen molar-refractivity contribution in [3.8, 4) is 0 Å². The third kappa shape index (κ3) is 10.3. The van der Waals surface area contributed by atoms with Crippen molar-refractivity contribution in [2.45, 2.75) is 129 Å². The van der Waals surface area contributed by atoms with Crippen LogP contribution in [0.5, 0.6) is 0 Å². The van der Waals surface area contributed by atoms with Crippen molar-refractivity contribution >= 4 is 0 Å². The van der Waals surface area contributed by atoms with Crippen molar-refractivity contribution < 1.29 is 0 Å². The van der Waals surface area contributed by atoms with Crippen LogP contribution in [-0.2, 0) is 0 Å². The van der Waals surface area contributed by atoms with Gasteiger partial charge in [-0.2, -0.15) is 0 Å². The van der Waals surface area contributed by atoms with Gasteiger partial charge in [0.05, 0.1) is 0 Å². The van der Waals surface area contributed by atoms with Gasteiger partial charge in [-0.3, -0.25) is 0 Å². The van der Waals surface area contributed by atoms with Gasteiger partial charge in [0.1, 0.15) is 0 Å². The smallest absolute Gasteiger partial charge is 0.0233 e. The van der Waals surface area contributed by atoms with Gasteiger partial charge >= 0.3 is 0 Å². The maximum Gasteiger partial charge on any atom is -0.0233 e. The fourth-order valence-electron chi connectivity index (χ4n) is 5.57. The van der Waals surface area contributed by atoms with E-state index in [0.29, 0.717) is 0 Å². The predicted molar refractivity (Wildman–Crippen MR) is 127 cm³/mol. The van der Waals surface area contributed by atoms with Crippen LogP contribution in [0.4, 0.5) is 0 Å².